The summed E-state index contributed by atoms with van der Waals surface area (Å²) in [6.45, 7) is 4.66. The highest BCUT2D eigenvalue weighted by Gasteiger charge is 2.10. The van der Waals surface area contributed by atoms with Gasteiger partial charge in [0.15, 0.2) is 5.82 Å². The number of hydrogen-bond acceptors (Lipinski definition) is 6. The highest BCUT2D eigenvalue weighted by Crippen LogP contribution is 2.06. The standard InChI is InChI=1S/C12H17N5O/c1-2-17(8-10-5-3-4-6-14-10)9-11-15-12(7-13)18-16-11/h3-6H,2,7-9,13H2,1H3. The fourth-order valence-electron chi connectivity index (χ4n) is 1.64. The minimum Gasteiger partial charge on any atom is -0.338 e. The third-order valence-corrected chi connectivity index (χ3v) is 2.61. The maximum atomic E-state index is 5.43. The third kappa shape index (κ3) is 3.35. The van der Waals surface area contributed by atoms with Crippen molar-refractivity contribution in [2.45, 2.75) is 26.6 Å². The van der Waals surface area contributed by atoms with Crippen molar-refractivity contribution in [1.29, 1.82) is 0 Å². The molecule has 0 aliphatic carbocycles. The lowest BCUT2D eigenvalue weighted by molar-refractivity contribution is 0.256. The molecule has 0 radical (unpaired) electrons. The maximum Gasteiger partial charge on any atom is 0.240 e. The number of rotatable bonds is 6. The summed E-state index contributed by atoms with van der Waals surface area (Å²) >= 11 is 0. The second-order valence-corrected chi connectivity index (χ2v) is 3.93. The van der Waals surface area contributed by atoms with Crippen LogP contribution in [0.15, 0.2) is 28.9 Å². The monoisotopic (exact) mass is 247 g/mol. The summed E-state index contributed by atoms with van der Waals surface area (Å²) < 4.78 is 4.98. The van der Waals surface area contributed by atoms with Gasteiger partial charge in [0.25, 0.3) is 0 Å². The largest absolute Gasteiger partial charge is 0.338 e. The Balaban J connectivity index is 1.97. The zero-order valence-electron chi connectivity index (χ0n) is 10.4. The van der Waals surface area contributed by atoms with E-state index >= 15 is 0 Å². The fraction of sp³-hybridized carbons (Fsp3) is 0.417. The summed E-state index contributed by atoms with van der Waals surface area (Å²) in [5.74, 6) is 1.13. The predicted octanol–water partition coefficient (Wildman–Crippen LogP) is 0.945. The summed E-state index contributed by atoms with van der Waals surface area (Å²) in [4.78, 5) is 10.7. The molecule has 0 bridgehead atoms. The molecular formula is C12H17N5O. The van der Waals surface area contributed by atoms with Gasteiger partial charge in [-0.3, -0.25) is 9.88 Å². The first-order valence-corrected chi connectivity index (χ1v) is 5.95. The van der Waals surface area contributed by atoms with Crippen LogP contribution in [0.25, 0.3) is 0 Å². The normalized spacial score (nSPS) is 11.1. The molecule has 0 spiro atoms. The summed E-state index contributed by atoms with van der Waals surface area (Å²) in [7, 11) is 0. The molecular weight excluding hydrogens is 230 g/mol. The van der Waals surface area contributed by atoms with Gasteiger partial charge in [-0.1, -0.05) is 18.1 Å². The highest BCUT2D eigenvalue weighted by molar-refractivity contribution is 5.03. The molecule has 2 aromatic rings. The predicted molar refractivity (Wildman–Crippen MR) is 66.2 cm³/mol. The lowest BCUT2D eigenvalue weighted by atomic mass is 10.3. The molecule has 0 aliphatic rings. The molecule has 6 nitrogen and oxygen atoms in total. The SMILES string of the molecule is CCN(Cc1ccccn1)Cc1noc(CN)n1. The van der Waals surface area contributed by atoms with Crippen molar-refractivity contribution in [2.75, 3.05) is 6.54 Å². The van der Waals surface area contributed by atoms with E-state index < -0.39 is 0 Å². The van der Waals surface area contributed by atoms with E-state index in [9.17, 15) is 0 Å². The molecule has 2 aromatic heterocycles. The lowest BCUT2D eigenvalue weighted by Gasteiger charge is -2.17. The van der Waals surface area contributed by atoms with Gasteiger partial charge in [0.05, 0.1) is 18.8 Å². The van der Waals surface area contributed by atoms with E-state index in [-0.39, 0.29) is 6.54 Å². The van der Waals surface area contributed by atoms with Crippen LogP contribution in [0, 0.1) is 0 Å². The van der Waals surface area contributed by atoms with E-state index in [1.54, 1.807) is 6.20 Å². The number of aromatic nitrogens is 3. The molecule has 0 aromatic carbocycles. The van der Waals surface area contributed by atoms with Crippen molar-refractivity contribution >= 4 is 0 Å². The smallest absolute Gasteiger partial charge is 0.240 e. The molecule has 0 atom stereocenters. The summed E-state index contributed by atoms with van der Waals surface area (Å²) in [6, 6.07) is 5.90. The molecule has 6 heteroatoms. The van der Waals surface area contributed by atoms with Crippen molar-refractivity contribution in [3.05, 3.63) is 41.8 Å². The van der Waals surface area contributed by atoms with Gasteiger partial charge in [0.1, 0.15) is 0 Å². The van der Waals surface area contributed by atoms with E-state index in [0.717, 1.165) is 18.8 Å². The Morgan fingerprint density at radius 2 is 2.22 bits per heavy atom. The molecule has 0 saturated heterocycles. The van der Waals surface area contributed by atoms with Gasteiger partial charge in [-0.05, 0) is 18.7 Å². The van der Waals surface area contributed by atoms with Crippen LogP contribution in [-0.4, -0.2) is 26.6 Å². The Morgan fingerprint density at radius 3 is 2.83 bits per heavy atom. The molecule has 0 fully saturated rings. The van der Waals surface area contributed by atoms with Crippen molar-refractivity contribution in [3.8, 4) is 0 Å². The quantitative estimate of drug-likeness (QED) is 0.818. The van der Waals surface area contributed by atoms with Gasteiger partial charge in [-0.25, -0.2) is 0 Å². The second-order valence-electron chi connectivity index (χ2n) is 3.93. The zero-order chi connectivity index (χ0) is 12.8. The number of nitrogens with zero attached hydrogens (tertiary/aromatic N) is 4. The van der Waals surface area contributed by atoms with Crippen molar-refractivity contribution in [1.82, 2.24) is 20.0 Å². The first-order chi connectivity index (χ1) is 8.81. The van der Waals surface area contributed by atoms with E-state index in [1.165, 1.54) is 0 Å². The van der Waals surface area contributed by atoms with Crippen LogP contribution in [0.1, 0.15) is 24.3 Å². The average molecular weight is 247 g/mol. The molecule has 0 saturated carbocycles. The average Bonchev–Trinajstić information content (AvgIpc) is 2.87. The molecule has 0 amide bonds. The topological polar surface area (TPSA) is 81.1 Å². The van der Waals surface area contributed by atoms with E-state index in [2.05, 4.69) is 26.9 Å². The van der Waals surface area contributed by atoms with Crippen LogP contribution in [0.3, 0.4) is 0 Å². The lowest BCUT2D eigenvalue weighted by Crippen LogP contribution is -2.23. The van der Waals surface area contributed by atoms with Gasteiger partial charge in [0.2, 0.25) is 5.89 Å². The van der Waals surface area contributed by atoms with Crippen LogP contribution < -0.4 is 5.73 Å². The van der Waals surface area contributed by atoms with Crippen molar-refractivity contribution in [3.63, 3.8) is 0 Å². The molecule has 2 N–H and O–H groups in total. The molecule has 2 rings (SSSR count). The van der Waals surface area contributed by atoms with Gasteiger partial charge in [0, 0.05) is 12.7 Å². The number of nitrogens with two attached hydrogens (primary N) is 1. The maximum absolute atomic E-state index is 5.43. The molecule has 0 unspecified atom stereocenters. The van der Waals surface area contributed by atoms with E-state index in [4.69, 9.17) is 10.3 Å². The Labute approximate surface area is 106 Å². The zero-order valence-corrected chi connectivity index (χ0v) is 10.4. The Hall–Kier alpha value is -1.79. The second kappa shape index (κ2) is 6.23. The van der Waals surface area contributed by atoms with Gasteiger partial charge < -0.3 is 10.3 Å². The fourth-order valence-corrected chi connectivity index (χ4v) is 1.64. The number of hydrogen-bond donors (Lipinski definition) is 1. The van der Waals surface area contributed by atoms with Gasteiger partial charge >= 0.3 is 0 Å². The van der Waals surface area contributed by atoms with E-state index in [1.807, 2.05) is 18.2 Å². The Bertz CT molecular complexity index is 470. The van der Waals surface area contributed by atoms with Gasteiger partial charge in [-0.15, -0.1) is 0 Å². The van der Waals surface area contributed by atoms with Crippen molar-refractivity contribution in [2.24, 2.45) is 5.73 Å². The van der Waals surface area contributed by atoms with Crippen molar-refractivity contribution < 1.29 is 4.52 Å². The van der Waals surface area contributed by atoms with E-state index in [0.29, 0.717) is 18.3 Å². The first-order valence-electron chi connectivity index (χ1n) is 5.95. The van der Waals surface area contributed by atoms with Crippen LogP contribution in [0.2, 0.25) is 0 Å². The molecule has 0 aliphatic heterocycles. The highest BCUT2D eigenvalue weighted by atomic mass is 16.5. The molecule has 96 valence electrons. The minimum atomic E-state index is 0.277. The molecule has 2 heterocycles. The van der Waals surface area contributed by atoms with Crippen LogP contribution >= 0.6 is 0 Å². The third-order valence-electron chi connectivity index (χ3n) is 2.61. The van der Waals surface area contributed by atoms with Crippen LogP contribution in [0.5, 0.6) is 0 Å². The minimum absolute atomic E-state index is 0.277. The van der Waals surface area contributed by atoms with Crippen LogP contribution in [-0.2, 0) is 19.6 Å². The summed E-state index contributed by atoms with van der Waals surface area (Å²) in [5, 5.41) is 3.89. The van der Waals surface area contributed by atoms with Gasteiger partial charge in [-0.2, -0.15) is 4.98 Å². The molecule has 18 heavy (non-hydrogen) atoms. The summed E-state index contributed by atoms with van der Waals surface area (Å²) in [6.07, 6.45) is 1.80. The number of pyridine rings is 1. The van der Waals surface area contributed by atoms with Crippen LogP contribution in [0.4, 0.5) is 0 Å². The Morgan fingerprint density at radius 1 is 1.33 bits per heavy atom. The Kier molecular flexibility index (Phi) is 4.38. The summed E-state index contributed by atoms with van der Waals surface area (Å²) in [5.41, 5.74) is 6.46. The first kappa shape index (κ1) is 12.7.